The maximum absolute atomic E-state index is 11.7. The van der Waals surface area contributed by atoms with E-state index in [1.807, 2.05) is 34.6 Å². The summed E-state index contributed by atoms with van der Waals surface area (Å²) in [5.41, 5.74) is 0.782. The minimum absolute atomic E-state index is 0.229. The molecule has 2 aromatic heterocycles. The SMILES string of the molecule is Cc1nc(Cn2c(C(C)(C)C)noc2=O)sc1C. The highest BCUT2D eigenvalue weighted by atomic mass is 32.1. The molecular weight excluding hydrogens is 250 g/mol. The largest absolute Gasteiger partial charge is 0.442 e. The Kier molecular flexibility index (Phi) is 3.14. The molecule has 0 N–H and O–H groups in total. The van der Waals surface area contributed by atoms with Gasteiger partial charge >= 0.3 is 5.76 Å². The van der Waals surface area contributed by atoms with Crippen molar-refractivity contribution < 1.29 is 4.52 Å². The lowest BCUT2D eigenvalue weighted by Crippen LogP contribution is -2.25. The third kappa shape index (κ3) is 2.38. The van der Waals surface area contributed by atoms with Crippen LogP contribution in [-0.2, 0) is 12.0 Å². The molecule has 6 heteroatoms. The molecule has 0 saturated carbocycles. The Balaban J connectivity index is 2.40. The molecule has 0 aliphatic rings. The molecule has 0 aliphatic heterocycles. The van der Waals surface area contributed by atoms with Gasteiger partial charge in [0.05, 0.1) is 12.2 Å². The van der Waals surface area contributed by atoms with Crippen molar-refractivity contribution >= 4 is 11.3 Å². The second kappa shape index (κ2) is 4.35. The molecule has 0 atom stereocenters. The van der Waals surface area contributed by atoms with Crippen LogP contribution < -0.4 is 5.76 Å². The van der Waals surface area contributed by atoms with Crippen LogP contribution >= 0.6 is 11.3 Å². The molecule has 0 radical (unpaired) electrons. The third-order valence-corrected chi connectivity index (χ3v) is 3.78. The first-order valence-corrected chi connectivity index (χ1v) is 6.60. The van der Waals surface area contributed by atoms with Crippen molar-refractivity contribution in [3.05, 3.63) is 32.0 Å². The first-order chi connectivity index (χ1) is 8.29. The van der Waals surface area contributed by atoms with Gasteiger partial charge < -0.3 is 0 Å². The zero-order chi connectivity index (χ0) is 13.5. The number of nitrogens with zero attached hydrogens (tertiary/aromatic N) is 3. The quantitative estimate of drug-likeness (QED) is 0.837. The van der Waals surface area contributed by atoms with Gasteiger partial charge in [0, 0.05) is 10.3 Å². The van der Waals surface area contributed by atoms with E-state index < -0.39 is 5.76 Å². The number of thiazole rings is 1. The lowest BCUT2D eigenvalue weighted by molar-refractivity contribution is 0.367. The summed E-state index contributed by atoms with van der Waals surface area (Å²) in [6.07, 6.45) is 0. The van der Waals surface area contributed by atoms with Crippen LogP contribution in [0.15, 0.2) is 9.32 Å². The number of hydrogen-bond acceptors (Lipinski definition) is 5. The van der Waals surface area contributed by atoms with E-state index in [0.717, 1.165) is 10.7 Å². The van der Waals surface area contributed by atoms with E-state index >= 15 is 0 Å². The predicted molar refractivity (Wildman–Crippen MR) is 70.2 cm³/mol. The Morgan fingerprint density at radius 1 is 1.33 bits per heavy atom. The van der Waals surface area contributed by atoms with Crippen molar-refractivity contribution in [3.8, 4) is 0 Å². The van der Waals surface area contributed by atoms with Gasteiger partial charge in [0.15, 0.2) is 5.82 Å². The highest BCUT2D eigenvalue weighted by molar-refractivity contribution is 7.11. The molecule has 0 aromatic carbocycles. The summed E-state index contributed by atoms with van der Waals surface area (Å²) in [5.74, 6) is 0.225. The molecule has 2 rings (SSSR count). The van der Waals surface area contributed by atoms with E-state index in [9.17, 15) is 4.79 Å². The maximum Gasteiger partial charge on any atom is 0.442 e. The van der Waals surface area contributed by atoms with Gasteiger partial charge in [-0.05, 0) is 13.8 Å². The molecular formula is C12H17N3O2S. The van der Waals surface area contributed by atoms with Gasteiger partial charge in [-0.15, -0.1) is 11.3 Å². The standard InChI is InChI=1S/C12H17N3O2S/c1-7-8(2)18-9(13-7)6-15-10(12(3,4)5)14-17-11(15)16/h6H2,1-5H3. The summed E-state index contributed by atoms with van der Waals surface area (Å²) in [6.45, 7) is 10.4. The van der Waals surface area contributed by atoms with Gasteiger partial charge in [0.25, 0.3) is 0 Å². The zero-order valence-electron chi connectivity index (χ0n) is 11.3. The molecule has 0 unspecified atom stereocenters. The van der Waals surface area contributed by atoms with E-state index in [0.29, 0.717) is 12.4 Å². The monoisotopic (exact) mass is 267 g/mol. The van der Waals surface area contributed by atoms with Crippen LogP contribution in [0, 0.1) is 13.8 Å². The molecule has 0 aliphatic carbocycles. The number of aromatic nitrogens is 3. The molecule has 0 amide bonds. The zero-order valence-corrected chi connectivity index (χ0v) is 12.1. The van der Waals surface area contributed by atoms with Crippen LogP contribution in [0.3, 0.4) is 0 Å². The highest BCUT2D eigenvalue weighted by Gasteiger charge is 2.24. The summed E-state index contributed by atoms with van der Waals surface area (Å²) in [5, 5.41) is 4.77. The Bertz CT molecular complexity index is 597. The van der Waals surface area contributed by atoms with Gasteiger partial charge in [-0.25, -0.2) is 9.78 Å². The minimum Gasteiger partial charge on any atom is -0.296 e. The van der Waals surface area contributed by atoms with Crippen molar-refractivity contribution in [2.75, 3.05) is 0 Å². The lowest BCUT2D eigenvalue weighted by Gasteiger charge is -2.16. The molecule has 0 saturated heterocycles. The molecule has 0 spiro atoms. The minimum atomic E-state index is -0.426. The van der Waals surface area contributed by atoms with Crippen LogP contribution in [0.5, 0.6) is 0 Å². The molecule has 18 heavy (non-hydrogen) atoms. The number of aryl methyl sites for hydroxylation is 2. The van der Waals surface area contributed by atoms with Gasteiger partial charge in [0.1, 0.15) is 5.01 Å². The smallest absolute Gasteiger partial charge is 0.296 e. The first-order valence-electron chi connectivity index (χ1n) is 5.79. The number of hydrogen-bond donors (Lipinski definition) is 0. The van der Waals surface area contributed by atoms with Gasteiger partial charge in [0.2, 0.25) is 0 Å². The predicted octanol–water partition coefficient (Wildman–Crippen LogP) is 2.26. The Hall–Kier alpha value is -1.43. The van der Waals surface area contributed by atoms with Crippen molar-refractivity contribution in [2.45, 2.75) is 46.6 Å². The summed E-state index contributed by atoms with van der Waals surface area (Å²) >= 11 is 1.60. The fourth-order valence-corrected chi connectivity index (χ4v) is 2.61. The second-order valence-electron chi connectivity index (χ2n) is 5.36. The number of rotatable bonds is 2. The Morgan fingerprint density at radius 3 is 2.50 bits per heavy atom. The van der Waals surface area contributed by atoms with Crippen molar-refractivity contribution in [3.63, 3.8) is 0 Å². The van der Waals surface area contributed by atoms with Crippen molar-refractivity contribution in [1.82, 2.24) is 14.7 Å². The fourth-order valence-electron chi connectivity index (χ4n) is 1.69. The van der Waals surface area contributed by atoms with Gasteiger partial charge in [-0.2, -0.15) is 0 Å². The van der Waals surface area contributed by atoms with E-state index in [1.165, 1.54) is 4.88 Å². The third-order valence-electron chi connectivity index (χ3n) is 2.72. The van der Waals surface area contributed by atoms with E-state index in [1.54, 1.807) is 15.9 Å². The summed E-state index contributed by atoms with van der Waals surface area (Å²) in [7, 11) is 0. The fraction of sp³-hybridized carbons (Fsp3) is 0.583. The molecule has 0 fully saturated rings. The topological polar surface area (TPSA) is 60.9 Å². The van der Waals surface area contributed by atoms with E-state index in [2.05, 4.69) is 10.1 Å². The summed E-state index contributed by atoms with van der Waals surface area (Å²) in [6, 6.07) is 0. The summed E-state index contributed by atoms with van der Waals surface area (Å²) < 4.78 is 6.32. The van der Waals surface area contributed by atoms with Crippen molar-refractivity contribution in [1.29, 1.82) is 0 Å². The van der Waals surface area contributed by atoms with Crippen LogP contribution in [0.2, 0.25) is 0 Å². The van der Waals surface area contributed by atoms with Crippen molar-refractivity contribution in [2.24, 2.45) is 0 Å². The van der Waals surface area contributed by atoms with E-state index in [4.69, 9.17) is 4.52 Å². The van der Waals surface area contributed by atoms with Crippen LogP contribution in [-0.4, -0.2) is 14.7 Å². The molecule has 2 heterocycles. The molecule has 98 valence electrons. The molecule has 2 aromatic rings. The Morgan fingerprint density at radius 2 is 2.00 bits per heavy atom. The molecule has 0 bridgehead atoms. The van der Waals surface area contributed by atoms with Gasteiger partial charge in [-0.1, -0.05) is 25.9 Å². The average Bonchev–Trinajstić information content (AvgIpc) is 2.73. The average molecular weight is 267 g/mol. The second-order valence-corrected chi connectivity index (χ2v) is 6.65. The van der Waals surface area contributed by atoms with E-state index in [-0.39, 0.29) is 5.41 Å². The highest BCUT2D eigenvalue weighted by Crippen LogP contribution is 2.21. The summed E-state index contributed by atoms with van der Waals surface area (Å²) in [4.78, 5) is 17.3. The maximum atomic E-state index is 11.7. The normalized spacial score (nSPS) is 12.1. The van der Waals surface area contributed by atoms with Crippen LogP contribution in [0.4, 0.5) is 0 Å². The first kappa shape index (κ1) is 13.0. The van der Waals surface area contributed by atoms with Crippen LogP contribution in [0.1, 0.15) is 42.2 Å². The van der Waals surface area contributed by atoms with Gasteiger partial charge in [-0.3, -0.25) is 9.09 Å². The Labute approximate surface area is 109 Å². The molecule has 5 nitrogen and oxygen atoms in total. The lowest BCUT2D eigenvalue weighted by atomic mass is 9.96. The van der Waals surface area contributed by atoms with Crippen LogP contribution in [0.25, 0.3) is 0 Å².